The summed E-state index contributed by atoms with van der Waals surface area (Å²) in [5.74, 6) is 0.166. The van der Waals surface area contributed by atoms with Crippen LogP contribution in [0.4, 0.5) is 4.79 Å². The van der Waals surface area contributed by atoms with E-state index in [4.69, 9.17) is 4.74 Å². The highest BCUT2D eigenvalue weighted by Gasteiger charge is 2.50. The summed E-state index contributed by atoms with van der Waals surface area (Å²) < 4.78 is 5.31. The van der Waals surface area contributed by atoms with Crippen LogP contribution in [-0.2, 0) is 9.53 Å². The fourth-order valence-corrected chi connectivity index (χ4v) is 3.12. The minimum absolute atomic E-state index is 0.0640. The first kappa shape index (κ1) is 17.1. The van der Waals surface area contributed by atoms with Crippen LogP contribution in [0, 0.1) is 5.41 Å². The molecular formula is C16H29N3O3. The largest absolute Gasteiger partial charge is 0.444 e. The topological polar surface area (TPSA) is 70.7 Å². The molecule has 0 radical (unpaired) electrons. The molecule has 1 saturated heterocycles. The average molecular weight is 311 g/mol. The summed E-state index contributed by atoms with van der Waals surface area (Å²) >= 11 is 0. The molecule has 6 heteroatoms. The van der Waals surface area contributed by atoms with Gasteiger partial charge in [0.25, 0.3) is 0 Å². The molecule has 1 heterocycles. The Morgan fingerprint density at radius 3 is 2.41 bits per heavy atom. The summed E-state index contributed by atoms with van der Waals surface area (Å²) in [6.07, 6.45) is 1.30. The molecule has 0 bridgehead atoms. The molecule has 3 atom stereocenters. The van der Waals surface area contributed by atoms with E-state index in [1.165, 1.54) is 0 Å². The number of nitrogens with zero attached hydrogens (tertiary/aromatic N) is 1. The Hall–Kier alpha value is -1.30. The van der Waals surface area contributed by atoms with Crippen molar-refractivity contribution < 1.29 is 14.3 Å². The van der Waals surface area contributed by atoms with Crippen LogP contribution >= 0.6 is 0 Å². The summed E-state index contributed by atoms with van der Waals surface area (Å²) in [5.41, 5.74) is -0.588. The van der Waals surface area contributed by atoms with Gasteiger partial charge in [-0.1, -0.05) is 13.8 Å². The Kier molecular flexibility index (Phi) is 4.44. The lowest BCUT2D eigenvalue weighted by molar-refractivity contribution is -0.129. The lowest BCUT2D eigenvalue weighted by Crippen LogP contribution is -2.67. The number of rotatable bonds is 3. The van der Waals surface area contributed by atoms with Gasteiger partial charge >= 0.3 is 6.09 Å². The quantitative estimate of drug-likeness (QED) is 0.828. The zero-order chi connectivity index (χ0) is 16.7. The van der Waals surface area contributed by atoms with Gasteiger partial charge in [-0.3, -0.25) is 4.79 Å². The maximum atomic E-state index is 12.0. The number of alkyl carbamates (subject to hydrolysis) is 1. The predicted molar refractivity (Wildman–Crippen MR) is 84.5 cm³/mol. The van der Waals surface area contributed by atoms with Gasteiger partial charge < -0.3 is 20.3 Å². The van der Waals surface area contributed by atoms with E-state index in [1.807, 2.05) is 27.8 Å². The normalized spacial score (nSPS) is 30.9. The third-order valence-corrected chi connectivity index (χ3v) is 4.79. The van der Waals surface area contributed by atoms with E-state index in [0.717, 1.165) is 19.4 Å². The lowest BCUT2D eigenvalue weighted by atomic mass is 9.62. The lowest BCUT2D eigenvalue weighted by Gasteiger charge is -2.53. The molecule has 1 aliphatic carbocycles. The van der Waals surface area contributed by atoms with Crippen molar-refractivity contribution in [2.45, 2.75) is 71.2 Å². The fraction of sp³-hybridized carbons (Fsp3) is 0.875. The third kappa shape index (κ3) is 3.54. The molecule has 1 saturated carbocycles. The number of hydrogen-bond acceptors (Lipinski definition) is 4. The molecule has 1 aliphatic heterocycles. The van der Waals surface area contributed by atoms with Crippen LogP contribution in [0.25, 0.3) is 0 Å². The summed E-state index contributed by atoms with van der Waals surface area (Å²) in [7, 11) is 1.84. The highest BCUT2D eigenvalue weighted by atomic mass is 16.6. The molecule has 0 aromatic carbocycles. The van der Waals surface area contributed by atoms with E-state index in [2.05, 4.69) is 24.5 Å². The highest BCUT2D eigenvalue weighted by Crippen LogP contribution is 2.41. The summed E-state index contributed by atoms with van der Waals surface area (Å²) in [5, 5.41) is 6.40. The molecule has 0 aromatic heterocycles. The molecule has 2 amide bonds. The summed E-state index contributed by atoms with van der Waals surface area (Å²) in [6.45, 7) is 10.6. The van der Waals surface area contributed by atoms with Crippen molar-refractivity contribution in [1.82, 2.24) is 15.5 Å². The molecule has 6 nitrogen and oxygen atoms in total. The molecule has 126 valence electrons. The van der Waals surface area contributed by atoms with Crippen LogP contribution in [0.5, 0.6) is 0 Å². The molecule has 2 aliphatic rings. The van der Waals surface area contributed by atoms with Gasteiger partial charge in [0, 0.05) is 31.1 Å². The maximum absolute atomic E-state index is 12.0. The number of likely N-dealkylation sites (tertiary alicyclic amines) is 1. The van der Waals surface area contributed by atoms with Crippen LogP contribution in [-0.4, -0.2) is 54.2 Å². The molecule has 0 aromatic rings. The van der Waals surface area contributed by atoms with Gasteiger partial charge in [-0.05, 0) is 33.6 Å². The molecule has 2 fully saturated rings. The van der Waals surface area contributed by atoms with Crippen molar-refractivity contribution in [1.29, 1.82) is 0 Å². The van der Waals surface area contributed by atoms with Crippen molar-refractivity contribution in [2.75, 3.05) is 13.6 Å². The Balaban J connectivity index is 1.85. The van der Waals surface area contributed by atoms with Crippen molar-refractivity contribution in [2.24, 2.45) is 5.41 Å². The molecule has 2 rings (SSSR count). The van der Waals surface area contributed by atoms with Crippen molar-refractivity contribution in [3.05, 3.63) is 0 Å². The van der Waals surface area contributed by atoms with Crippen molar-refractivity contribution in [3.63, 3.8) is 0 Å². The second-order valence-electron chi connectivity index (χ2n) is 8.08. The minimum atomic E-state index is -0.490. The Labute approximate surface area is 132 Å². The number of amides is 2. The number of carbonyl (C=O) groups is 2. The van der Waals surface area contributed by atoms with E-state index in [0.29, 0.717) is 0 Å². The fourth-order valence-electron chi connectivity index (χ4n) is 3.12. The summed E-state index contributed by atoms with van der Waals surface area (Å²) in [4.78, 5) is 25.6. The Morgan fingerprint density at radius 1 is 1.32 bits per heavy atom. The SMILES string of the molecule is CN1CC[C@H](N[C@@H]2C[C@H](NC(=O)OC(C)(C)C)C2(C)C)C1=O. The van der Waals surface area contributed by atoms with E-state index >= 15 is 0 Å². The second kappa shape index (κ2) is 5.72. The van der Waals surface area contributed by atoms with Gasteiger partial charge in [-0.15, -0.1) is 0 Å². The third-order valence-electron chi connectivity index (χ3n) is 4.79. The number of hydrogen-bond donors (Lipinski definition) is 2. The second-order valence-corrected chi connectivity index (χ2v) is 8.08. The maximum Gasteiger partial charge on any atom is 0.407 e. The van der Waals surface area contributed by atoms with Gasteiger partial charge in [0.1, 0.15) is 5.60 Å². The zero-order valence-corrected chi connectivity index (χ0v) is 14.5. The highest BCUT2D eigenvalue weighted by molar-refractivity contribution is 5.83. The molecule has 2 N–H and O–H groups in total. The Morgan fingerprint density at radius 2 is 1.95 bits per heavy atom. The Bertz CT molecular complexity index is 456. The number of nitrogens with one attached hydrogen (secondary N) is 2. The number of ether oxygens (including phenoxy) is 1. The van der Waals surface area contributed by atoms with E-state index in [1.54, 1.807) is 4.90 Å². The molecule has 0 spiro atoms. The first-order chi connectivity index (χ1) is 10.0. The molecular weight excluding hydrogens is 282 g/mol. The summed E-state index contributed by atoms with van der Waals surface area (Å²) in [6, 6.07) is 0.207. The number of carbonyl (C=O) groups excluding carboxylic acids is 2. The first-order valence-electron chi connectivity index (χ1n) is 8.01. The van der Waals surface area contributed by atoms with Gasteiger partial charge in [-0.25, -0.2) is 4.79 Å². The predicted octanol–water partition coefficient (Wildman–Crippen LogP) is 1.50. The van der Waals surface area contributed by atoms with E-state index in [9.17, 15) is 9.59 Å². The average Bonchev–Trinajstić information content (AvgIpc) is 2.67. The van der Waals surface area contributed by atoms with Gasteiger partial charge in [-0.2, -0.15) is 0 Å². The van der Waals surface area contributed by atoms with Crippen molar-refractivity contribution in [3.8, 4) is 0 Å². The standard InChI is InChI=1S/C16H29N3O3/c1-15(2,3)22-14(21)18-12-9-11(16(12,4)5)17-10-7-8-19(6)13(10)20/h10-12,17H,7-9H2,1-6H3,(H,18,21)/t10-,11+,12-/m0/s1. The monoisotopic (exact) mass is 311 g/mol. The number of likely N-dealkylation sites (N-methyl/N-ethyl adjacent to an activating group) is 1. The van der Waals surface area contributed by atoms with Crippen LogP contribution in [0.2, 0.25) is 0 Å². The zero-order valence-electron chi connectivity index (χ0n) is 14.5. The van der Waals surface area contributed by atoms with Gasteiger partial charge in [0.2, 0.25) is 5.91 Å². The van der Waals surface area contributed by atoms with E-state index in [-0.39, 0.29) is 35.5 Å². The van der Waals surface area contributed by atoms with Gasteiger partial charge in [0.15, 0.2) is 0 Å². The minimum Gasteiger partial charge on any atom is -0.444 e. The van der Waals surface area contributed by atoms with Crippen LogP contribution in [0.15, 0.2) is 0 Å². The van der Waals surface area contributed by atoms with Crippen molar-refractivity contribution >= 4 is 12.0 Å². The molecule has 0 unspecified atom stereocenters. The molecule has 22 heavy (non-hydrogen) atoms. The first-order valence-corrected chi connectivity index (χ1v) is 8.01. The van der Waals surface area contributed by atoms with E-state index < -0.39 is 5.60 Å². The van der Waals surface area contributed by atoms with Crippen LogP contribution < -0.4 is 10.6 Å². The smallest absolute Gasteiger partial charge is 0.407 e. The van der Waals surface area contributed by atoms with Crippen LogP contribution in [0.3, 0.4) is 0 Å². The van der Waals surface area contributed by atoms with Crippen LogP contribution in [0.1, 0.15) is 47.5 Å². The van der Waals surface area contributed by atoms with Gasteiger partial charge in [0.05, 0.1) is 6.04 Å².